The molecule has 1 aromatic heterocycles. The van der Waals surface area contributed by atoms with Crippen molar-refractivity contribution in [3.8, 4) is 17.6 Å². The van der Waals surface area contributed by atoms with Gasteiger partial charge in [0.15, 0.2) is 17.3 Å². The van der Waals surface area contributed by atoms with Gasteiger partial charge in [0, 0.05) is 13.0 Å². The molecule has 2 heterocycles. The molecule has 1 aliphatic rings. The second kappa shape index (κ2) is 8.45. The molecule has 0 radical (unpaired) electrons. The Balaban J connectivity index is 2.01. The van der Waals surface area contributed by atoms with E-state index in [1.807, 2.05) is 13.8 Å². The van der Waals surface area contributed by atoms with E-state index in [0.717, 1.165) is 37.2 Å². The van der Waals surface area contributed by atoms with Crippen molar-refractivity contribution in [1.29, 1.82) is 5.26 Å². The maximum absolute atomic E-state index is 9.71. The summed E-state index contributed by atoms with van der Waals surface area (Å²) in [5.41, 5.74) is 1.20. The maximum atomic E-state index is 9.71. The average molecular weight is 387 g/mol. The van der Waals surface area contributed by atoms with Gasteiger partial charge in [-0.05, 0) is 50.5 Å². The lowest BCUT2D eigenvalue weighted by molar-refractivity contribution is 0.230. The number of methoxy groups -OCH3 is 1. The van der Waals surface area contributed by atoms with Gasteiger partial charge in [0.1, 0.15) is 11.9 Å². The first-order valence-corrected chi connectivity index (χ1v) is 9.49. The van der Waals surface area contributed by atoms with E-state index in [2.05, 4.69) is 20.8 Å². The fourth-order valence-electron chi connectivity index (χ4n) is 3.17. The molecule has 1 aromatic carbocycles. The fraction of sp³-hybridized carbons (Fsp3) is 0.450. The Hall–Kier alpha value is -2.52. The van der Waals surface area contributed by atoms with Crippen LogP contribution in [0, 0.1) is 11.3 Å². The number of nitriles is 1. The van der Waals surface area contributed by atoms with Crippen molar-refractivity contribution >= 4 is 23.3 Å². The molecular formula is C20H23ClN4O2. The average Bonchev–Trinajstić information content (AvgIpc) is 2.89. The topological polar surface area (TPSA) is 73.0 Å². The van der Waals surface area contributed by atoms with Gasteiger partial charge in [-0.2, -0.15) is 5.26 Å². The van der Waals surface area contributed by atoms with Crippen LogP contribution in [-0.2, 0) is 13.0 Å². The third kappa shape index (κ3) is 4.25. The number of aryl methyl sites for hydroxylation is 1. The normalized spacial score (nSPS) is 14.4. The Bertz CT molecular complexity index is 896. The minimum absolute atomic E-state index is 0.0288. The summed E-state index contributed by atoms with van der Waals surface area (Å²) >= 11 is 6.40. The molecule has 0 bridgehead atoms. The van der Waals surface area contributed by atoms with Crippen LogP contribution in [-0.4, -0.2) is 28.0 Å². The highest BCUT2D eigenvalue weighted by Gasteiger charge is 2.19. The van der Waals surface area contributed by atoms with Crippen LogP contribution in [0.15, 0.2) is 12.1 Å². The van der Waals surface area contributed by atoms with Crippen LogP contribution < -0.4 is 9.47 Å². The zero-order valence-corrected chi connectivity index (χ0v) is 16.6. The van der Waals surface area contributed by atoms with Crippen LogP contribution in [0.1, 0.15) is 50.3 Å². The number of fused-ring (bicyclic) bond motifs is 1. The summed E-state index contributed by atoms with van der Waals surface area (Å²) < 4.78 is 13.2. The highest BCUT2D eigenvalue weighted by Crippen LogP contribution is 2.38. The first-order chi connectivity index (χ1) is 13.0. The summed E-state index contributed by atoms with van der Waals surface area (Å²) in [4.78, 5) is 0. The molecule has 0 saturated heterocycles. The smallest absolute Gasteiger partial charge is 0.180 e. The van der Waals surface area contributed by atoms with Crippen molar-refractivity contribution in [2.24, 2.45) is 0 Å². The van der Waals surface area contributed by atoms with Gasteiger partial charge in [-0.1, -0.05) is 18.0 Å². The van der Waals surface area contributed by atoms with Crippen LogP contribution >= 0.6 is 11.6 Å². The lowest BCUT2D eigenvalue weighted by atomic mass is 10.1. The zero-order chi connectivity index (χ0) is 19.4. The van der Waals surface area contributed by atoms with Crippen LogP contribution in [0.3, 0.4) is 0 Å². The van der Waals surface area contributed by atoms with Crippen molar-refractivity contribution in [1.82, 2.24) is 14.8 Å². The Labute approximate surface area is 164 Å². The summed E-state index contributed by atoms with van der Waals surface area (Å²) in [6.45, 7) is 4.69. The Morgan fingerprint density at radius 2 is 2.11 bits per heavy atom. The molecule has 142 valence electrons. The molecule has 27 heavy (non-hydrogen) atoms. The van der Waals surface area contributed by atoms with Crippen LogP contribution in [0.4, 0.5) is 0 Å². The van der Waals surface area contributed by atoms with Gasteiger partial charge in [-0.15, -0.1) is 10.2 Å². The molecule has 0 atom stereocenters. The maximum Gasteiger partial charge on any atom is 0.180 e. The summed E-state index contributed by atoms with van der Waals surface area (Å²) in [6, 6.07) is 5.82. The molecule has 0 saturated carbocycles. The molecule has 0 unspecified atom stereocenters. The SMILES string of the molecule is COc1cc(/C=C(\C#N)c2nnc3n2CCCCC3)cc(Cl)c1OC(C)C. The second-order valence-corrected chi connectivity index (χ2v) is 7.18. The molecule has 2 aromatic rings. The number of hydrogen-bond donors (Lipinski definition) is 0. The van der Waals surface area contributed by atoms with E-state index in [0.29, 0.717) is 27.9 Å². The molecule has 0 fully saturated rings. The molecule has 6 nitrogen and oxygen atoms in total. The number of rotatable bonds is 5. The summed E-state index contributed by atoms with van der Waals surface area (Å²) in [7, 11) is 1.57. The molecule has 0 aliphatic carbocycles. The standard InChI is InChI=1S/C20H23ClN4O2/c1-13(2)27-19-16(21)10-14(11-17(19)26-3)9-15(12-22)20-24-23-18-7-5-4-6-8-25(18)20/h9-11,13H,4-8H2,1-3H3/b15-9+. The van der Waals surface area contributed by atoms with Crippen molar-refractivity contribution in [2.75, 3.05) is 7.11 Å². The number of hydrogen-bond acceptors (Lipinski definition) is 5. The first-order valence-electron chi connectivity index (χ1n) is 9.12. The van der Waals surface area contributed by atoms with Gasteiger partial charge in [0.05, 0.1) is 23.8 Å². The molecule has 0 amide bonds. The number of allylic oxidation sites excluding steroid dienone is 1. The largest absolute Gasteiger partial charge is 0.493 e. The van der Waals surface area contributed by atoms with Gasteiger partial charge >= 0.3 is 0 Å². The minimum Gasteiger partial charge on any atom is -0.493 e. The summed E-state index contributed by atoms with van der Waals surface area (Å²) in [6.07, 6.45) is 5.96. The molecule has 0 N–H and O–H groups in total. The van der Waals surface area contributed by atoms with Gasteiger partial charge in [0.2, 0.25) is 0 Å². The van der Waals surface area contributed by atoms with Crippen LogP contribution in [0.5, 0.6) is 11.5 Å². The van der Waals surface area contributed by atoms with E-state index in [4.69, 9.17) is 21.1 Å². The highest BCUT2D eigenvalue weighted by molar-refractivity contribution is 6.32. The summed E-state index contributed by atoms with van der Waals surface area (Å²) in [5.74, 6) is 2.58. The molecule has 0 spiro atoms. The monoisotopic (exact) mass is 386 g/mol. The predicted molar refractivity (Wildman–Crippen MR) is 105 cm³/mol. The number of halogens is 1. The predicted octanol–water partition coefficient (Wildman–Crippen LogP) is 4.52. The quantitative estimate of drug-likeness (QED) is 0.706. The van der Waals surface area contributed by atoms with Crippen LogP contribution in [0.25, 0.3) is 11.6 Å². The van der Waals surface area contributed by atoms with E-state index >= 15 is 0 Å². The zero-order valence-electron chi connectivity index (χ0n) is 15.8. The van der Waals surface area contributed by atoms with Gasteiger partial charge in [-0.25, -0.2) is 0 Å². The highest BCUT2D eigenvalue weighted by atomic mass is 35.5. The van der Waals surface area contributed by atoms with Crippen molar-refractivity contribution < 1.29 is 9.47 Å². The second-order valence-electron chi connectivity index (χ2n) is 6.77. The third-order valence-corrected chi connectivity index (χ3v) is 4.67. The fourth-order valence-corrected chi connectivity index (χ4v) is 3.43. The summed E-state index contributed by atoms with van der Waals surface area (Å²) in [5, 5.41) is 18.7. The first kappa shape index (κ1) is 19.2. The van der Waals surface area contributed by atoms with Crippen molar-refractivity contribution in [2.45, 2.75) is 52.2 Å². The Kier molecular flexibility index (Phi) is 6.02. The number of benzene rings is 1. The number of nitrogens with zero attached hydrogens (tertiary/aromatic N) is 4. The van der Waals surface area contributed by atoms with Crippen molar-refractivity contribution in [3.05, 3.63) is 34.4 Å². The van der Waals surface area contributed by atoms with Gasteiger partial charge in [0.25, 0.3) is 0 Å². The number of ether oxygens (including phenoxy) is 2. The lowest BCUT2D eigenvalue weighted by Crippen LogP contribution is -2.07. The van der Waals surface area contributed by atoms with E-state index in [1.54, 1.807) is 25.3 Å². The number of aromatic nitrogens is 3. The van der Waals surface area contributed by atoms with Crippen LogP contribution in [0.2, 0.25) is 5.02 Å². The molecule has 1 aliphatic heterocycles. The lowest BCUT2D eigenvalue weighted by Gasteiger charge is -2.15. The van der Waals surface area contributed by atoms with E-state index in [9.17, 15) is 5.26 Å². The Morgan fingerprint density at radius 1 is 1.30 bits per heavy atom. The molecule has 3 rings (SSSR count). The van der Waals surface area contributed by atoms with E-state index in [-0.39, 0.29) is 6.10 Å². The third-order valence-electron chi connectivity index (χ3n) is 4.39. The van der Waals surface area contributed by atoms with E-state index < -0.39 is 0 Å². The van der Waals surface area contributed by atoms with Gasteiger partial charge in [-0.3, -0.25) is 0 Å². The van der Waals surface area contributed by atoms with Crippen molar-refractivity contribution in [3.63, 3.8) is 0 Å². The van der Waals surface area contributed by atoms with E-state index in [1.165, 1.54) is 6.42 Å². The van der Waals surface area contributed by atoms with Gasteiger partial charge < -0.3 is 14.0 Å². The minimum atomic E-state index is -0.0288. The Morgan fingerprint density at radius 3 is 2.81 bits per heavy atom. The molecular weight excluding hydrogens is 364 g/mol. The molecule has 7 heteroatoms.